The summed E-state index contributed by atoms with van der Waals surface area (Å²) in [6.45, 7) is 2.55. The van der Waals surface area contributed by atoms with E-state index in [1.165, 1.54) is 30.0 Å². The van der Waals surface area contributed by atoms with Crippen molar-refractivity contribution in [2.24, 2.45) is 0 Å². The molecule has 1 rings (SSSR count). The lowest BCUT2D eigenvalue weighted by Gasteiger charge is -2.18. The van der Waals surface area contributed by atoms with E-state index in [1.54, 1.807) is 14.0 Å². The van der Waals surface area contributed by atoms with Gasteiger partial charge in [-0.1, -0.05) is 25.7 Å². The van der Waals surface area contributed by atoms with Crippen LogP contribution in [0, 0.1) is 0 Å². The number of carbonyl (C=O) groups is 1. The Labute approximate surface area is 128 Å². The first kappa shape index (κ1) is 18.2. The molecule has 0 heterocycles. The van der Waals surface area contributed by atoms with E-state index in [-0.39, 0.29) is 17.8 Å². The Kier molecular flexibility index (Phi) is 8.03. The number of amides is 2. The number of hydrogen-bond acceptors (Lipinski definition) is 3. The molecular formula is C14H29N3O3S. The molecule has 2 amide bonds. The minimum Gasteiger partial charge on any atom is -0.338 e. The molecule has 0 atom stereocenters. The number of hydrogen-bond donors (Lipinski definition) is 2. The third-order valence-electron chi connectivity index (χ3n) is 3.97. The predicted octanol–water partition coefficient (Wildman–Crippen LogP) is 1.68. The highest BCUT2D eigenvalue weighted by Gasteiger charge is 2.15. The predicted molar refractivity (Wildman–Crippen MR) is 84.7 cm³/mol. The van der Waals surface area contributed by atoms with Crippen molar-refractivity contribution in [2.75, 3.05) is 25.9 Å². The smallest absolute Gasteiger partial charge is 0.315 e. The maximum atomic E-state index is 11.8. The Morgan fingerprint density at radius 1 is 1.19 bits per heavy atom. The average Bonchev–Trinajstić information content (AvgIpc) is 2.71. The van der Waals surface area contributed by atoms with Gasteiger partial charge in [-0.15, -0.1) is 0 Å². The molecule has 0 aromatic heterocycles. The minimum absolute atomic E-state index is 0.110. The van der Waals surface area contributed by atoms with Crippen LogP contribution in [0.3, 0.4) is 0 Å². The summed E-state index contributed by atoms with van der Waals surface area (Å²) in [7, 11) is -1.55. The van der Waals surface area contributed by atoms with Crippen LogP contribution in [0.4, 0.5) is 4.79 Å². The van der Waals surface area contributed by atoms with Crippen molar-refractivity contribution in [3.63, 3.8) is 0 Å². The zero-order valence-corrected chi connectivity index (χ0v) is 14.0. The molecule has 0 unspecified atom stereocenters. The van der Waals surface area contributed by atoms with Crippen molar-refractivity contribution < 1.29 is 13.2 Å². The standard InChI is InChI=1S/C14H29N3O3S/c1-3-21(19,20)17(2)12-8-11-15-14(18)16-13-9-6-4-5-7-10-13/h13H,3-12H2,1-2H3,(H2,15,16,18). The Bertz CT molecular complexity index is 404. The van der Waals surface area contributed by atoms with E-state index in [0.717, 1.165) is 12.8 Å². The van der Waals surface area contributed by atoms with Gasteiger partial charge in [-0.2, -0.15) is 0 Å². The second-order valence-corrected chi connectivity index (χ2v) is 8.03. The summed E-state index contributed by atoms with van der Waals surface area (Å²) < 4.78 is 24.4. The maximum absolute atomic E-state index is 11.8. The third kappa shape index (κ3) is 7.13. The van der Waals surface area contributed by atoms with E-state index in [1.807, 2.05) is 0 Å². The zero-order valence-electron chi connectivity index (χ0n) is 13.2. The van der Waals surface area contributed by atoms with Crippen LogP contribution < -0.4 is 10.6 Å². The molecule has 1 aliphatic carbocycles. The van der Waals surface area contributed by atoms with Crippen LogP contribution in [0.5, 0.6) is 0 Å². The van der Waals surface area contributed by atoms with Gasteiger partial charge in [-0.05, 0) is 26.2 Å². The number of rotatable bonds is 7. The summed E-state index contributed by atoms with van der Waals surface area (Å²) in [5, 5.41) is 5.81. The SMILES string of the molecule is CCS(=O)(=O)N(C)CCCNC(=O)NC1CCCCCC1. The second-order valence-electron chi connectivity index (χ2n) is 5.66. The Hall–Kier alpha value is -0.820. The summed E-state index contributed by atoms with van der Waals surface area (Å²) in [5.41, 5.74) is 0. The first-order valence-electron chi connectivity index (χ1n) is 7.94. The van der Waals surface area contributed by atoms with Crippen LogP contribution in [0.25, 0.3) is 0 Å². The van der Waals surface area contributed by atoms with Gasteiger partial charge < -0.3 is 10.6 Å². The molecule has 0 bridgehead atoms. The molecule has 0 aliphatic heterocycles. The van der Waals surface area contributed by atoms with Gasteiger partial charge in [0.2, 0.25) is 10.0 Å². The van der Waals surface area contributed by atoms with Gasteiger partial charge in [-0.3, -0.25) is 0 Å². The fraction of sp³-hybridized carbons (Fsp3) is 0.929. The van der Waals surface area contributed by atoms with Gasteiger partial charge >= 0.3 is 6.03 Å². The van der Waals surface area contributed by atoms with Gasteiger partial charge in [0.05, 0.1) is 5.75 Å². The lowest BCUT2D eigenvalue weighted by molar-refractivity contribution is 0.235. The topological polar surface area (TPSA) is 78.5 Å². The third-order valence-corrected chi connectivity index (χ3v) is 5.83. The highest BCUT2D eigenvalue weighted by Crippen LogP contribution is 2.16. The minimum atomic E-state index is -3.12. The monoisotopic (exact) mass is 319 g/mol. The summed E-state index contributed by atoms with van der Waals surface area (Å²) in [6.07, 6.45) is 7.63. The first-order chi connectivity index (χ1) is 9.95. The van der Waals surface area contributed by atoms with Crippen molar-refractivity contribution in [1.29, 1.82) is 0 Å². The molecule has 0 spiro atoms. The van der Waals surface area contributed by atoms with E-state index in [0.29, 0.717) is 19.5 Å². The van der Waals surface area contributed by atoms with Gasteiger partial charge in [0.25, 0.3) is 0 Å². The summed E-state index contributed by atoms with van der Waals surface area (Å²) in [4.78, 5) is 11.8. The number of nitrogens with one attached hydrogen (secondary N) is 2. The quantitative estimate of drug-likeness (QED) is 0.553. The first-order valence-corrected chi connectivity index (χ1v) is 9.55. The lowest BCUT2D eigenvalue weighted by atomic mass is 10.1. The molecule has 1 saturated carbocycles. The number of nitrogens with zero attached hydrogens (tertiary/aromatic N) is 1. The van der Waals surface area contributed by atoms with Crippen LogP contribution in [0.15, 0.2) is 0 Å². The maximum Gasteiger partial charge on any atom is 0.315 e. The molecule has 2 N–H and O–H groups in total. The molecule has 21 heavy (non-hydrogen) atoms. The second kappa shape index (κ2) is 9.25. The molecule has 6 nitrogen and oxygen atoms in total. The van der Waals surface area contributed by atoms with E-state index >= 15 is 0 Å². The molecule has 0 radical (unpaired) electrons. The molecule has 1 aliphatic rings. The van der Waals surface area contributed by atoms with Crippen LogP contribution >= 0.6 is 0 Å². The van der Waals surface area contributed by atoms with Gasteiger partial charge in [0, 0.05) is 26.2 Å². The summed E-state index contributed by atoms with van der Waals surface area (Å²) >= 11 is 0. The van der Waals surface area contributed by atoms with Crippen LogP contribution in [-0.4, -0.2) is 50.7 Å². The number of sulfonamides is 1. The number of urea groups is 1. The average molecular weight is 319 g/mol. The molecule has 0 saturated heterocycles. The van der Waals surface area contributed by atoms with Crippen molar-refractivity contribution in [3.8, 4) is 0 Å². The van der Waals surface area contributed by atoms with Gasteiger partial charge in [-0.25, -0.2) is 17.5 Å². The van der Waals surface area contributed by atoms with Crippen molar-refractivity contribution in [3.05, 3.63) is 0 Å². The molecule has 124 valence electrons. The van der Waals surface area contributed by atoms with E-state index in [2.05, 4.69) is 10.6 Å². The highest BCUT2D eigenvalue weighted by atomic mass is 32.2. The summed E-state index contributed by atoms with van der Waals surface area (Å²) in [6, 6.07) is 0.151. The Balaban J connectivity index is 2.15. The fourth-order valence-corrected chi connectivity index (χ4v) is 3.37. The zero-order chi connectivity index (χ0) is 15.7. The van der Waals surface area contributed by atoms with E-state index in [9.17, 15) is 13.2 Å². The fourth-order valence-electron chi connectivity index (χ4n) is 2.52. The molecule has 0 aromatic rings. The molecule has 7 heteroatoms. The van der Waals surface area contributed by atoms with Crippen LogP contribution in [0.2, 0.25) is 0 Å². The largest absolute Gasteiger partial charge is 0.338 e. The summed E-state index contributed by atoms with van der Waals surface area (Å²) in [5.74, 6) is 0.110. The molecule has 1 fully saturated rings. The molecule has 0 aromatic carbocycles. The number of carbonyl (C=O) groups excluding carboxylic acids is 1. The van der Waals surface area contributed by atoms with E-state index in [4.69, 9.17) is 0 Å². The molecular weight excluding hydrogens is 290 g/mol. The lowest BCUT2D eigenvalue weighted by Crippen LogP contribution is -2.42. The van der Waals surface area contributed by atoms with Crippen molar-refractivity contribution in [2.45, 2.75) is 57.9 Å². The highest BCUT2D eigenvalue weighted by molar-refractivity contribution is 7.89. The van der Waals surface area contributed by atoms with Crippen LogP contribution in [0.1, 0.15) is 51.9 Å². The van der Waals surface area contributed by atoms with Gasteiger partial charge in [0.1, 0.15) is 0 Å². The van der Waals surface area contributed by atoms with Gasteiger partial charge in [0.15, 0.2) is 0 Å². The van der Waals surface area contributed by atoms with Crippen LogP contribution in [-0.2, 0) is 10.0 Å². The normalized spacial score (nSPS) is 17.5. The Morgan fingerprint density at radius 2 is 1.81 bits per heavy atom. The van der Waals surface area contributed by atoms with Crippen molar-refractivity contribution in [1.82, 2.24) is 14.9 Å². The van der Waals surface area contributed by atoms with E-state index < -0.39 is 10.0 Å². The Morgan fingerprint density at radius 3 is 2.38 bits per heavy atom. The van der Waals surface area contributed by atoms with Crippen molar-refractivity contribution >= 4 is 16.1 Å².